The molecule has 2 aromatic rings. The average molecular weight is 335 g/mol. The third-order valence-electron chi connectivity index (χ3n) is 3.19. The molecule has 124 valence electrons. The molecule has 0 spiro atoms. The van der Waals surface area contributed by atoms with Gasteiger partial charge < -0.3 is 19.9 Å². The van der Waals surface area contributed by atoms with Crippen LogP contribution in [-0.2, 0) is 10.4 Å². The van der Waals surface area contributed by atoms with E-state index in [-0.39, 0.29) is 19.1 Å². The Labute approximate surface area is 139 Å². The summed E-state index contributed by atoms with van der Waals surface area (Å²) in [5.74, 6) is 1.07. The van der Waals surface area contributed by atoms with Crippen LogP contribution in [0.5, 0.6) is 11.5 Å². The number of carbonyl (C=O) groups is 1. The molecular weight excluding hydrogens is 314 g/mol. The maximum atomic E-state index is 11.8. The molecule has 1 heterocycles. The summed E-state index contributed by atoms with van der Waals surface area (Å²) in [6, 6.07) is 10.8. The molecule has 0 saturated heterocycles. The third-order valence-corrected chi connectivity index (χ3v) is 4.31. The Hall–Kier alpha value is -2.05. The van der Waals surface area contributed by atoms with Gasteiger partial charge in [-0.1, -0.05) is 6.07 Å². The van der Waals surface area contributed by atoms with Crippen LogP contribution in [0.2, 0.25) is 0 Å². The number of nitrogens with one attached hydrogen (secondary N) is 1. The molecule has 2 N–H and O–H groups in total. The van der Waals surface area contributed by atoms with Crippen molar-refractivity contribution in [1.82, 2.24) is 5.32 Å². The van der Waals surface area contributed by atoms with Gasteiger partial charge in [0.1, 0.15) is 17.1 Å². The van der Waals surface area contributed by atoms with Gasteiger partial charge in [0.05, 0.1) is 13.2 Å². The van der Waals surface area contributed by atoms with E-state index in [1.165, 1.54) is 11.3 Å². The summed E-state index contributed by atoms with van der Waals surface area (Å²) in [5, 5.41) is 14.9. The molecule has 0 fully saturated rings. The van der Waals surface area contributed by atoms with Crippen molar-refractivity contribution < 1.29 is 19.4 Å². The van der Waals surface area contributed by atoms with E-state index in [0.29, 0.717) is 12.4 Å². The first kappa shape index (κ1) is 17.3. The van der Waals surface area contributed by atoms with Crippen LogP contribution in [0.3, 0.4) is 0 Å². The lowest BCUT2D eigenvalue weighted by Gasteiger charge is -2.22. The van der Waals surface area contributed by atoms with Gasteiger partial charge in [-0.15, -0.1) is 11.3 Å². The zero-order valence-corrected chi connectivity index (χ0v) is 14.1. The van der Waals surface area contributed by atoms with E-state index in [1.54, 1.807) is 31.2 Å². The normalized spacial score (nSPS) is 13.2. The number of rotatable bonds is 8. The summed E-state index contributed by atoms with van der Waals surface area (Å²) in [6.45, 7) is 4.23. The van der Waals surface area contributed by atoms with Crippen LogP contribution in [0.25, 0.3) is 0 Å². The summed E-state index contributed by atoms with van der Waals surface area (Å²) in [6.07, 6.45) is 0. The van der Waals surface area contributed by atoms with E-state index < -0.39 is 5.60 Å². The number of carbonyl (C=O) groups excluding carboxylic acids is 1. The Morgan fingerprint density at radius 1 is 1.22 bits per heavy atom. The Morgan fingerprint density at radius 2 is 1.87 bits per heavy atom. The molecule has 0 aliphatic rings. The molecule has 1 aromatic carbocycles. The largest absolute Gasteiger partial charge is 0.494 e. The van der Waals surface area contributed by atoms with Gasteiger partial charge in [-0.05, 0) is 49.6 Å². The minimum Gasteiger partial charge on any atom is -0.494 e. The Morgan fingerprint density at radius 3 is 2.43 bits per heavy atom. The van der Waals surface area contributed by atoms with Crippen LogP contribution in [0.1, 0.15) is 18.7 Å². The number of ether oxygens (including phenoxy) is 2. The second kappa shape index (κ2) is 7.99. The number of hydrogen-bond acceptors (Lipinski definition) is 5. The van der Waals surface area contributed by atoms with Crippen molar-refractivity contribution in [3.63, 3.8) is 0 Å². The predicted molar refractivity (Wildman–Crippen MR) is 90.0 cm³/mol. The predicted octanol–water partition coefficient (Wildman–Crippen LogP) is 2.55. The molecule has 0 saturated carbocycles. The first-order valence-corrected chi connectivity index (χ1v) is 8.28. The summed E-state index contributed by atoms with van der Waals surface area (Å²) in [5.41, 5.74) is -1.08. The van der Waals surface area contributed by atoms with E-state index in [1.807, 2.05) is 24.4 Å². The van der Waals surface area contributed by atoms with Gasteiger partial charge in [0, 0.05) is 4.88 Å². The molecule has 0 aliphatic carbocycles. The molecule has 0 bridgehead atoms. The molecule has 0 aliphatic heterocycles. The monoisotopic (exact) mass is 335 g/mol. The smallest absolute Gasteiger partial charge is 0.258 e. The highest BCUT2D eigenvalue weighted by Gasteiger charge is 2.24. The van der Waals surface area contributed by atoms with Crippen molar-refractivity contribution in [2.45, 2.75) is 19.4 Å². The minimum atomic E-state index is -1.08. The van der Waals surface area contributed by atoms with Gasteiger partial charge in [0.2, 0.25) is 0 Å². The van der Waals surface area contributed by atoms with E-state index in [9.17, 15) is 9.90 Å². The Kier molecular flexibility index (Phi) is 6.01. The summed E-state index contributed by atoms with van der Waals surface area (Å²) in [4.78, 5) is 12.6. The van der Waals surface area contributed by atoms with Crippen LogP contribution in [0.4, 0.5) is 0 Å². The Bertz CT molecular complexity index is 608. The van der Waals surface area contributed by atoms with Gasteiger partial charge in [-0.25, -0.2) is 0 Å². The average Bonchev–Trinajstić information content (AvgIpc) is 3.08. The zero-order chi connectivity index (χ0) is 16.7. The minimum absolute atomic E-state index is 0.103. The van der Waals surface area contributed by atoms with Crippen molar-refractivity contribution in [3.05, 3.63) is 46.7 Å². The van der Waals surface area contributed by atoms with Crippen molar-refractivity contribution in [1.29, 1.82) is 0 Å². The quantitative estimate of drug-likeness (QED) is 0.778. The van der Waals surface area contributed by atoms with E-state index >= 15 is 0 Å². The topological polar surface area (TPSA) is 67.8 Å². The van der Waals surface area contributed by atoms with Gasteiger partial charge in [0.25, 0.3) is 5.91 Å². The fourth-order valence-corrected chi connectivity index (χ4v) is 2.73. The summed E-state index contributed by atoms with van der Waals surface area (Å²) < 4.78 is 10.7. The highest BCUT2D eigenvalue weighted by Crippen LogP contribution is 2.24. The molecule has 1 atom stereocenters. The molecular formula is C17H21NO4S. The SMILES string of the molecule is CCOc1ccc(OCC(=O)NCC(C)(O)c2cccs2)cc1. The van der Waals surface area contributed by atoms with Crippen LogP contribution in [0.15, 0.2) is 41.8 Å². The number of hydrogen-bond donors (Lipinski definition) is 2. The molecule has 5 nitrogen and oxygen atoms in total. The molecule has 1 amide bonds. The maximum absolute atomic E-state index is 11.8. The Balaban J connectivity index is 1.76. The first-order valence-electron chi connectivity index (χ1n) is 7.40. The standard InChI is InChI=1S/C17H21NO4S/c1-3-21-13-6-8-14(9-7-13)22-11-16(19)18-12-17(2,20)15-5-4-10-23-15/h4-10,20H,3,11-12H2,1-2H3,(H,18,19). The molecule has 6 heteroatoms. The van der Waals surface area contributed by atoms with Crippen molar-refractivity contribution in [2.24, 2.45) is 0 Å². The molecule has 1 aromatic heterocycles. The van der Waals surface area contributed by atoms with Crippen molar-refractivity contribution in [2.75, 3.05) is 19.8 Å². The molecule has 1 unspecified atom stereocenters. The van der Waals surface area contributed by atoms with Crippen LogP contribution in [-0.4, -0.2) is 30.8 Å². The van der Waals surface area contributed by atoms with Gasteiger partial charge in [-0.3, -0.25) is 4.79 Å². The van der Waals surface area contributed by atoms with Crippen LogP contribution in [0, 0.1) is 0 Å². The number of thiophene rings is 1. The fourth-order valence-electron chi connectivity index (χ4n) is 1.94. The second-order valence-corrected chi connectivity index (χ2v) is 6.17. The third kappa shape index (κ3) is 5.26. The number of amides is 1. The van der Waals surface area contributed by atoms with E-state index in [0.717, 1.165) is 10.6 Å². The molecule has 2 rings (SSSR count). The summed E-state index contributed by atoms with van der Waals surface area (Å²) >= 11 is 1.45. The van der Waals surface area contributed by atoms with Crippen molar-refractivity contribution >= 4 is 17.2 Å². The number of benzene rings is 1. The van der Waals surface area contributed by atoms with Gasteiger partial charge in [0.15, 0.2) is 6.61 Å². The van der Waals surface area contributed by atoms with Crippen molar-refractivity contribution in [3.8, 4) is 11.5 Å². The van der Waals surface area contributed by atoms with E-state index in [2.05, 4.69) is 5.32 Å². The highest BCUT2D eigenvalue weighted by atomic mass is 32.1. The lowest BCUT2D eigenvalue weighted by atomic mass is 10.1. The zero-order valence-electron chi connectivity index (χ0n) is 13.2. The van der Waals surface area contributed by atoms with Gasteiger partial charge in [-0.2, -0.15) is 0 Å². The lowest BCUT2D eigenvalue weighted by Crippen LogP contribution is -2.40. The fraction of sp³-hybridized carbons (Fsp3) is 0.353. The van der Waals surface area contributed by atoms with Gasteiger partial charge >= 0.3 is 0 Å². The molecule has 0 radical (unpaired) electrons. The van der Waals surface area contributed by atoms with Crippen LogP contribution >= 0.6 is 11.3 Å². The highest BCUT2D eigenvalue weighted by molar-refractivity contribution is 7.10. The van der Waals surface area contributed by atoms with E-state index in [4.69, 9.17) is 9.47 Å². The molecule has 23 heavy (non-hydrogen) atoms. The van der Waals surface area contributed by atoms with Crippen LogP contribution < -0.4 is 14.8 Å². The first-order chi connectivity index (χ1) is 11.0. The number of aliphatic hydroxyl groups is 1. The second-order valence-electron chi connectivity index (χ2n) is 5.22. The summed E-state index contributed by atoms with van der Waals surface area (Å²) in [7, 11) is 0. The lowest BCUT2D eigenvalue weighted by molar-refractivity contribution is -0.124. The maximum Gasteiger partial charge on any atom is 0.258 e.